The van der Waals surface area contributed by atoms with E-state index < -0.39 is 5.91 Å². The molecule has 3 rings (SSSR count). The standard InChI is InChI=1S/C23H21N3O3/c1-15-7-5-9-18(13-15)22(28)24-19-10-6-8-17(14-19)16(2)25-26-23(29)20-11-3-4-12-21(20)27/h3-14,27H,1-2H3,(H,24,28)(H,26,29)/b25-16-. The van der Waals surface area contributed by atoms with Gasteiger partial charge in [-0.15, -0.1) is 0 Å². The summed E-state index contributed by atoms with van der Waals surface area (Å²) in [6.45, 7) is 3.67. The Morgan fingerprint density at radius 2 is 1.59 bits per heavy atom. The van der Waals surface area contributed by atoms with Crippen LogP contribution in [0.1, 0.15) is 38.8 Å². The SMILES string of the molecule is C/C(=N/NC(=O)c1ccccc1O)c1cccc(NC(=O)c2cccc(C)c2)c1. The van der Waals surface area contributed by atoms with Crippen LogP contribution in [-0.4, -0.2) is 22.6 Å². The number of benzene rings is 3. The van der Waals surface area contributed by atoms with Crippen LogP contribution in [0.4, 0.5) is 5.69 Å². The van der Waals surface area contributed by atoms with Gasteiger partial charge in [-0.05, 0) is 55.8 Å². The fraction of sp³-hybridized carbons (Fsp3) is 0.0870. The first-order chi connectivity index (χ1) is 13.9. The summed E-state index contributed by atoms with van der Waals surface area (Å²) < 4.78 is 0. The highest BCUT2D eigenvalue weighted by Crippen LogP contribution is 2.16. The molecule has 0 saturated carbocycles. The molecule has 0 fully saturated rings. The quantitative estimate of drug-likeness (QED) is 0.455. The molecule has 0 aromatic heterocycles. The zero-order chi connectivity index (χ0) is 20.8. The number of para-hydroxylation sites is 1. The van der Waals surface area contributed by atoms with Gasteiger partial charge >= 0.3 is 0 Å². The van der Waals surface area contributed by atoms with Gasteiger partial charge in [0.1, 0.15) is 5.75 Å². The number of hydrazone groups is 1. The molecule has 0 radical (unpaired) electrons. The minimum Gasteiger partial charge on any atom is -0.507 e. The topological polar surface area (TPSA) is 90.8 Å². The van der Waals surface area contributed by atoms with Crippen molar-refractivity contribution in [3.8, 4) is 5.75 Å². The Hall–Kier alpha value is -3.93. The van der Waals surface area contributed by atoms with Gasteiger partial charge in [0.2, 0.25) is 0 Å². The molecule has 6 heteroatoms. The van der Waals surface area contributed by atoms with Crippen LogP contribution in [0.2, 0.25) is 0 Å². The van der Waals surface area contributed by atoms with Crippen LogP contribution < -0.4 is 10.7 Å². The van der Waals surface area contributed by atoms with Crippen LogP contribution >= 0.6 is 0 Å². The van der Waals surface area contributed by atoms with Crippen molar-refractivity contribution in [2.24, 2.45) is 5.10 Å². The van der Waals surface area contributed by atoms with Crippen molar-refractivity contribution in [1.29, 1.82) is 0 Å². The second-order valence-electron chi connectivity index (χ2n) is 6.56. The molecule has 0 bridgehead atoms. The van der Waals surface area contributed by atoms with E-state index in [1.807, 2.05) is 31.2 Å². The van der Waals surface area contributed by atoms with Gasteiger partial charge in [0.15, 0.2) is 0 Å². The predicted octanol–water partition coefficient (Wildman–Crippen LogP) is 4.11. The Morgan fingerprint density at radius 3 is 2.34 bits per heavy atom. The Balaban J connectivity index is 1.71. The van der Waals surface area contributed by atoms with Crippen molar-refractivity contribution >= 4 is 23.2 Å². The summed E-state index contributed by atoms with van der Waals surface area (Å²) in [5.41, 5.74) is 6.08. The number of nitrogens with one attached hydrogen (secondary N) is 2. The molecule has 29 heavy (non-hydrogen) atoms. The first-order valence-electron chi connectivity index (χ1n) is 9.05. The molecule has 6 nitrogen and oxygen atoms in total. The maximum Gasteiger partial charge on any atom is 0.275 e. The number of carbonyl (C=O) groups excluding carboxylic acids is 2. The Kier molecular flexibility index (Phi) is 6.04. The zero-order valence-corrected chi connectivity index (χ0v) is 16.1. The van der Waals surface area contributed by atoms with Crippen molar-refractivity contribution in [3.05, 3.63) is 95.1 Å². The molecular formula is C23H21N3O3. The number of aryl methyl sites for hydroxylation is 1. The highest BCUT2D eigenvalue weighted by Gasteiger charge is 2.10. The normalized spacial score (nSPS) is 11.0. The molecule has 0 aliphatic heterocycles. The molecule has 3 N–H and O–H groups in total. The molecule has 2 amide bonds. The lowest BCUT2D eigenvalue weighted by Crippen LogP contribution is -2.19. The number of phenols is 1. The van der Waals surface area contributed by atoms with Crippen LogP contribution in [-0.2, 0) is 0 Å². The number of carbonyl (C=O) groups is 2. The maximum atomic E-state index is 12.4. The van der Waals surface area contributed by atoms with Crippen molar-refractivity contribution in [2.45, 2.75) is 13.8 Å². The summed E-state index contributed by atoms with van der Waals surface area (Å²) in [6, 6.07) is 20.8. The molecule has 0 aliphatic carbocycles. The molecule has 0 unspecified atom stereocenters. The number of hydrogen-bond acceptors (Lipinski definition) is 4. The van der Waals surface area contributed by atoms with Crippen LogP contribution in [0.5, 0.6) is 5.75 Å². The van der Waals surface area contributed by atoms with Gasteiger partial charge in [-0.1, -0.05) is 42.0 Å². The number of nitrogens with zero attached hydrogens (tertiary/aromatic N) is 1. The number of hydrogen-bond donors (Lipinski definition) is 3. The third-order valence-corrected chi connectivity index (χ3v) is 4.29. The smallest absolute Gasteiger partial charge is 0.275 e. The summed E-state index contributed by atoms with van der Waals surface area (Å²) in [5.74, 6) is -0.821. The van der Waals surface area contributed by atoms with Crippen LogP contribution in [0.15, 0.2) is 77.9 Å². The average Bonchev–Trinajstić information content (AvgIpc) is 2.72. The third-order valence-electron chi connectivity index (χ3n) is 4.29. The highest BCUT2D eigenvalue weighted by molar-refractivity contribution is 6.06. The van der Waals surface area contributed by atoms with Gasteiger partial charge in [-0.25, -0.2) is 5.43 Å². The van der Waals surface area contributed by atoms with Crippen LogP contribution in [0.25, 0.3) is 0 Å². The van der Waals surface area contributed by atoms with E-state index in [2.05, 4.69) is 15.8 Å². The first kappa shape index (κ1) is 19.8. The first-order valence-corrected chi connectivity index (χ1v) is 9.05. The lowest BCUT2D eigenvalue weighted by Gasteiger charge is -2.08. The summed E-state index contributed by atoms with van der Waals surface area (Å²) in [4.78, 5) is 24.6. The summed E-state index contributed by atoms with van der Waals surface area (Å²) in [6.07, 6.45) is 0. The van der Waals surface area contributed by atoms with E-state index in [4.69, 9.17) is 0 Å². The zero-order valence-electron chi connectivity index (χ0n) is 16.1. The summed E-state index contributed by atoms with van der Waals surface area (Å²) >= 11 is 0. The van der Waals surface area contributed by atoms with Crippen LogP contribution in [0.3, 0.4) is 0 Å². The maximum absolute atomic E-state index is 12.4. The third kappa shape index (κ3) is 5.07. The van der Waals surface area contributed by atoms with Crippen LogP contribution in [0, 0.1) is 6.92 Å². The number of amides is 2. The van der Waals surface area contributed by atoms with Gasteiger partial charge in [0.05, 0.1) is 11.3 Å². The second kappa shape index (κ2) is 8.84. The van der Waals surface area contributed by atoms with Crippen molar-refractivity contribution in [3.63, 3.8) is 0 Å². The highest BCUT2D eigenvalue weighted by atomic mass is 16.3. The molecule has 3 aromatic carbocycles. The average molecular weight is 387 g/mol. The van der Waals surface area contributed by atoms with E-state index >= 15 is 0 Å². The molecule has 3 aromatic rings. The lowest BCUT2D eigenvalue weighted by atomic mass is 10.1. The minimum atomic E-state index is -0.508. The van der Waals surface area contributed by atoms with Crippen molar-refractivity contribution in [2.75, 3.05) is 5.32 Å². The second-order valence-corrected chi connectivity index (χ2v) is 6.56. The fourth-order valence-corrected chi connectivity index (χ4v) is 2.74. The van der Waals surface area contributed by atoms with E-state index in [1.165, 1.54) is 12.1 Å². The number of aromatic hydroxyl groups is 1. The Labute approximate surface area is 168 Å². The van der Waals surface area contributed by atoms with Crippen molar-refractivity contribution in [1.82, 2.24) is 5.43 Å². The summed E-state index contributed by atoms with van der Waals surface area (Å²) in [7, 11) is 0. The van der Waals surface area contributed by atoms with E-state index in [9.17, 15) is 14.7 Å². The van der Waals surface area contributed by atoms with Crippen molar-refractivity contribution < 1.29 is 14.7 Å². The Bertz CT molecular complexity index is 1090. The molecule has 146 valence electrons. The molecule has 0 saturated heterocycles. The van der Waals surface area contributed by atoms with E-state index in [1.54, 1.807) is 43.3 Å². The number of phenolic OH excluding ortho intramolecular Hbond substituents is 1. The molecule has 0 atom stereocenters. The summed E-state index contributed by atoms with van der Waals surface area (Å²) in [5, 5.41) is 16.7. The number of anilines is 1. The monoisotopic (exact) mass is 387 g/mol. The van der Waals surface area contributed by atoms with E-state index in [0.29, 0.717) is 17.0 Å². The van der Waals surface area contributed by atoms with Gasteiger partial charge < -0.3 is 10.4 Å². The van der Waals surface area contributed by atoms with Gasteiger partial charge in [-0.2, -0.15) is 5.10 Å². The predicted molar refractivity (Wildman–Crippen MR) is 113 cm³/mol. The number of rotatable bonds is 5. The van der Waals surface area contributed by atoms with Gasteiger partial charge in [0, 0.05) is 11.3 Å². The molecule has 0 aliphatic rings. The molecular weight excluding hydrogens is 366 g/mol. The largest absolute Gasteiger partial charge is 0.507 e. The fourth-order valence-electron chi connectivity index (χ4n) is 2.74. The minimum absolute atomic E-state index is 0.112. The molecule has 0 heterocycles. The lowest BCUT2D eigenvalue weighted by molar-refractivity contribution is 0.0951. The van der Waals surface area contributed by atoms with E-state index in [0.717, 1.165) is 11.1 Å². The molecule has 0 spiro atoms. The van der Waals surface area contributed by atoms with E-state index in [-0.39, 0.29) is 17.2 Å². The van der Waals surface area contributed by atoms with Gasteiger partial charge in [0.25, 0.3) is 11.8 Å². The van der Waals surface area contributed by atoms with Gasteiger partial charge in [-0.3, -0.25) is 9.59 Å². The Morgan fingerprint density at radius 1 is 0.862 bits per heavy atom.